The minimum atomic E-state index is 0. The van der Waals surface area contributed by atoms with Crippen molar-refractivity contribution >= 4 is 29.9 Å². The third-order valence-corrected chi connectivity index (χ3v) is 4.85. The summed E-state index contributed by atoms with van der Waals surface area (Å²) in [6.45, 7) is 6.12. The summed E-state index contributed by atoms with van der Waals surface area (Å²) in [6.07, 6.45) is 3.60. The molecule has 2 amide bonds. The fourth-order valence-corrected chi connectivity index (χ4v) is 3.19. The van der Waals surface area contributed by atoms with E-state index in [0.717, 1.165) is 37.8 Å². The lowest BCUT2D eigenvalue weighted by Crippen LogP contribution is -2.43. The van der Waals surface area contributed by atoms with Gasteiger partial charge in [0.05, 0.1) is 0 Å². The number of nitrogens with two attached hydrogens (primary N) is 1. The van der Waals surface area contributed by atoms with Crippen LogP contribution in [0.4, 0.5) is 5.69 Å². The highest BCUT2D eigenvalue weighted by molar-refractivity contribution is 5.96. The van der Waals surface area contributed by atoms with Crippen molar-refractivity contribution in [3.05, 3.63) is 29.3 Å². The van der Waals surface area contributed by atoms with Crippen LogP contribution in [0.2, 0.25) is 0 Å². The van der Waals surface area contributed by atoms with Gasteiger partial charge in [0, 0.05) is 43.9 Å². The molecule has 2 rings (SSSR count). The Balaban J connectivity index is 0.00000312. The number of halogens is 1. The number of benzene rings is 1. The highest BCUT2D eigenvalue weighted by Gasteiger charge is 2.29. The van der Waals surface area contributed by atoms with Crippen LogP contribution in [-0.4, -0.2) is 48.3 Å². The van der Waals surface area contributed by atoms with Gasteiger partial charge in [-0.05, 0) is 43.9 Å². The van der Waals surface area contributed by atoms with Gasteiger partial charge in [0.1, 0.15) is 0 Å². The lowest BCUT2D eigenvalue weighted by molar-refractivity contribution is -0.135. The minimum absolute atomic E-state index is 0. The molecule has 0 bridgehead atoms. The quantitative estimate of drug-likeness (QED) is 0.813. The van der Waals surface area contributed by atoms with E-state index in [1.54, 1.807) is 6.07 Å². The summed E-state index contributed by atoms with van der Waals surface area (Å²) in [5.74, 6) is 0.276. The number of piperidine rings is 1. The SMILES string of the molecule is CCCCN(C)C(=O)C1CCN(C(=O)c2cc(N)ccc2C)CC1.Cl. The van der Waals surface area contributed by atoms with E-state index in [9.17, 15) is 9.59 Å². The van der Waals surface area contributed by atoms with Crippen LogP contribution in [-0.2, 0) is 4.79 Å². The average molecular weight is 368 g/mol. The molecule has 5 nitrogen and oxygen atoms in total. The largest absolute Gasteiger partial charge is 0.399 e. The summed E-state index contributed by atoms with van der Waals surface area (Å²) >= 11 is 0. The standard InChI is InChI=1S/C19H29N3O2.ClH/c1-4-5-10-21(3)18(23)15-8-11-22(12-9-15)19(24)17-13-16(20)7-6-14(17)2;/h6-7,13,15H,4-5,8-12,20H2,1-3H3;1H. The first-order valence-corrected chi connectivity index (χ1v) is 8.84. The number of carbonyl (C=O) groups is 2. The van der Waals surface area contributed by atoms with Crippen LogP contribution in [0.1, 0.15) is 48.5 Å². The van der Waals surface area contributed by atoms with Gasteiger partial charge in [0.15, 0.2) is 0 Å². The van der Waals surface area contributed by atoms with Gasteiger partial charge in [-0.25, -0.2) is 0 Å². The molecule has 6 heteroatoms. The van der Waals surface area contributed by atoms with Gasteiger partial charge < -0.3 is 15.5 Å². The molecule has 140 valence electrons. The number of amides is 2. The van der Waals surface area contributed by atoms with Crippen molar-refractivity contribution in [2.24, 2.45) is 5.92 Å². The number of aryl methyl sites for hydroxylation is 1. The summed E-state index contributed by atoms with van der Waals surface area (Å²) in [6, 6.07) is 5.43. The molecule has 1 aliphatic rings. The molecular weight excluding hydrogens is 338 g/mol. The number of anilines is 1. The first kappa shape index (κ1) is 21.3. The molecule has 1 aliphatic heterocycles. The van der Waals surface area contributed by atoms with E-state index in [0.29, 0.717) is 24.3 Å². The van der Waals surface area contributed by atoms with Crippen molar-refractivity contribution in [1.29, 1.82) is 0 Å². The fraction of sp³-hybridized carbons (Fsp3) is 0.579. The maximum Gasteiger partial charge on any atom is 0.254 e. The zero-order valence-corrected chi connectivity index (χ0v) is 16.3. The van der Waals surface area contributed by atoms with Crippen LogP contribution in [0.15, 0.2) is 18.2 Å². The zero-order valence-electron chi connectivity index (χ0n) is 15.5. The van der Waals surface area contributed by atoms with Gasteiger partial charge in [-0.1, -0.05) is 19.4 Å². The van der Waals surface area contributed by atoms with Crippen LogP contribution in [0.25, 0.3) is 0 Å². The molecule has 1 fully saturated rings. The van der Waals surface area contributed by atoms with E-state index in [2.05, 4.69) is 6.92 Å². The molecule has 0 aromatic heterocycles. The maximum atomic E-state index is 12.7. The molecule has 0 spiro atoms. The summed E-state index contributed by atoms with van der Waals surface area (Å²) in [4.78, 5) is 28.8. The number of carbonyl (C=O) groups excluding carboxylic acids is 2. The third-order valence-electron chi connectivity index (χ3n) is 4.85. The Morgan fingerprint density at radius 2 is 1.92 bits per heavy atom. The Morgan fingerprint density at radius 3 is 2.52 bits per heavy atom. The lowest BCUT2D eigenvalue weighted by Gasteiger charge is -2.33. The lowest BCUT2D eigenvalue weighted by atomic mass is 9.94. The smallest absolute Gasteiger partial charge is 0.254 e. The van der Waals surface area contributed by atoms with Gasteiger partial charge in [-0.3, -0.25) is 9.59 Å². The fourth-order valence-electron chi connectivity index (χ4n) is 3.19. The third kappa shape index (κ3) is 5.36. The molecule has 0 unspecified atom stereocenters. The molecule has 0 atom stereocenters. The van der Waals surface area contributed by atoms with Gasteiger partial charge in [-0.2, -0.15) is 0 Å². The number of unbranched alkanes of at least 4 members (excludes halogenated alkanes) is 1. The summed E-state index contributed by atoms with van der Waals surface area (Å²) < 4.78 is 0. The van der Waals surface area contributed by atoms with Crippen LogP contribution in [0, 0.1) is 12.8 Å². The molecule has 0 radical (unpaired) electrons. The van der Waals surface area contributed by atoms with E-state index >= 15 is 0 Å². The van der Waals surface area contributed by atoms with Gasteiger partial charge in [0.2, 0.25) is 5.91 Å². The molecule has 1 heterocycles. The van der Waals surface area contributed by atoms with Crippen molar-refractivity contribution in [2.45, 2.75) is 39.5 Å². The first-order chi connectivity index (χ1) is 11.4. The topological polar surface area (TPSA) is 66.6 Å². The predicted octanol–water partition coefficient (Wildman–Crippen LogP) is 3.11. The van der Waals surface area contributed by atoms with Crippen molar-refractivity contribution in [3.63, 3.8) is 0 Å². The second-order valence-electron chi connectivity index (χ2n) is 6.75. The Bertz CT molecular complexity index is 598. The highest BCUT2D eigenvalue weighted by atomic mass is 35.5. The van der Waals surface area contributed by atoms with Gasteiger partial charge >= 0.3 is 0 Å². The Labute approximate surface area is 157 Å². The molecule has 25 heavy (non-hydrogen) atoms. The maximum absolute atomic E-state index is 12.7. The van der Waals surface area contributed by atoms with E-state index in [-0.39, 0.29) is 30.1 Å². The van der Waals surface area contributed by atoms with Crippen molar-refractivity contribution in [2.75, 3.05) is 32.4 Å². The van der Waals surface area contributed by atoms with Gasteiger partial charge in [0.25, 0.3) is 5.91 Å². The first-order valence-electron chi connectivity index (χ1n) is 8.84. The summed E-state index contributed by atoms with van der Waals surface area (Å²) in [5.41, 5.74) is 8.02. The van der Waals surface area contributed by atoms with E-state index in [1.165, 1.54) is 0 Å². The van der Waals surface area contributed by atoms with Crippen LogP contribution in [0.3, 0.4) is 0 Å². The minimum Gasteiger partial charge on any atom is -0.399 e. The van der Waals surface area contributed by atoms with E-state index in [4.69, 9.17) is 5.73 Å². The summed E-state index contributed by atoms with van der Waals surface area (Å²) in [7, 11) is 1.88. The molecule has 0 saturated carbocycles. The molecule has 1 saturated heterocycles. The monoisotopic (exact) mass is 367 g/mol. The Morgan fingerprint density at radius 1 is 1.28 bits per heavy atom. The van der Waals surface area contributed by atoms with Crippen molar-refractivity contribution < 1.29 is 9.59 Å². The average Bonchev–Trinajstić information content (AvgIpc) is 2.60. The number of hydrogen-bond acceptors (Lipinski definition) is 3. The van der Waals surface area contributed by atoms with Crippen LogP contribution < -0.4 is 5.73 Å². The van der Waals surface area contributed by atoms with Crippen LogP contribution >= 0.6 is 12.4 Å². The van der Waals surface area contributed by atoms with Crippen molar-refractivity contribution in [1.82, 2.24) is 9.80 Å². The molecular formula is C19H30ClN3O2. The number of rotatable bonds is 5. The number of hydrogen-bond donors (Lipinski definition) is 1. The van der Waals surface area contributed by atoms with E-state index in [1.807, 2.05) is 35.9 Å². The molecule has 1 aromatic carbocycles. The second kappa shape index (κ2) is 9.66. The Kier molecular flexibility index (Phi) is 8.23. The number of nitrogen functional groups attached to an aromatic ring is 1. The van der Waals surface area contributed by atoms with Gasteiger partial charge in [-0.15, -0.1) is 12.4 Å². The Hall–Kier alpha value is -1.75. The molecule has 2 N–H and O–H groups in total. The number of nitrogens with zero attached hydrogens (tertiary/aromatic N) is 2. The molecule has 1 aromatic rings. The van der Waals surface area contributed by atoms with Crippen LogP contribution in [0.5, 0.6) is 0 Å². The second-order valence-corrected chi connectivity index (χ2v) is 6.75. The zero-order chi connectivity index (χ0) is 17.7. The predicted molar refractivity (Wildman–Crippen MR) is 104 cm³/mol. The highest BCUT2D eigenvalue weighted by Crippen LogP contribution is 2.23. The number of likely N-dealkylation sites (tertiary alicyclic amines) is 1. The summed E-state index contributed by atoms with van der Waals surface area (Å²) in [5, 5.41) is 0. The molecule has 0 aliphatic carbocycles. The normalized spacial score (nSPS) is 14.8. The van der Waals surface area contributed by atoms with E-state index < -0.39 is 0 Å². The van der Waals surface area contributed by atoms with Crippen molar-refractivity contribution in [3.8, 4) is 0 Å².